The van der Waals surface area contributed by atoms with Gasteiger partial charge in [-0.2, -0.15) is 0 Å². The predicted octanol–water partition coefficient (Wildman–Crippen LogP) is 4.43. The number of hydrogen-bond acceptors (Lipinski definition) is 4. The van der Waals surface area contributed by atoms with Crippen molar-refractivity contribution in [1.29, 1.82) is 0 Å². The molecule has 0 aromatic rings. The number of unbranched alkanes of at least 4 members (excludes halogenated alkanes) is 8. The number of phosphoric ester groups is 1. The van der Waals surface area contributed by atoms with Crippen molar-refractivity contribution in [3.8, 4) is 0 Å². The molecule has 20 heavy (non-hydrogen) atoms. The molecule has 1 radical (unpaired) electrons. The van der Waals surface area contributed by atoms with Crippen LogP contribution in [0.4, 0.5) is 0 Å². The summed E-state index contributed by atoms with van der Waals surface area (Å²) in [4.78, 5) is 11.4. The van der Waals surface area contributed by atoms with E-state index in [4.69, 9.17) is 9.05 Å². The van der Waals surface area contributed by atoms with Crippen molar-refractivity contribution >= 4 is 7.82 Å². The summed E-state index contributed by atoms with van der Waals surface area (Å²) in [6.07, 6.45) is 10.6. The van der Waals surface area contributed by atoms with Crippen LogP contribution in [-0.4, -0.2) is 13.2 Å². The van der Waals surface area contributed by atoms with E-state index in [0.29, 0.717) is 0 Å². The van der Waals surface area contributed by atoms with E-state index in [1.807, 2.05) is 0 Å². The van der Waals surface area contributed by atoms with Crippen LogP contribution in [0.1, 0.15) is 78.1 Å². The van der Waals surface area contributed by atoms with Crippen molar-refractivity contribution in [2.75, 3.05) is 13.2 Å². The van der Waals surface area contributed by atoms with Crippen LogP contribution >= 0.6 is 7.82 Å². The van der Waals surface area contributed by atoms with Gasteiger partial charge in [0, 0.05) is 0 Å². The summed E-state index contributed by atoms with van der Waals surface area (Å²) < 4.78 is 21.0. The fraction of sp³-hybridized carbons (Fsp3) is 1.00. The van der Waals surface area contributed by atoms with Crippen molar-refractivity contribution in [2.45, 2.75) is 78.1 Å². The fourth-order valence-corrected chi connectivity index (χ4v) is 2.58. The molecule has 0 saturated heterocycles. The van der Waals surface area contributed by atoms with Crippen molar-refractivity contribution in [3.63, 3.8) is 0 Å². The first-order valence-electron chi connectivity index (χ1n) is 7.72. The van der Waals surface area contributed by atoms with Gasteiger partial charge in [0.2, 0.25) is 0 Å². The van der Waals surface area contributed by atoms with Gasteiger partial charge >= 0.3 is 40.8 Å². The van der Waals surface area contributed by atoms with Crippen LogP contribution in [0.3, 0.4) is 0 Å². The average molecular weight is 438 g/mol. The maximum Gasteiger partial charge on any atom is 3.00 e. The molecule has 0 fully saturated rings. The molecule has 0 aromatic carbocycles. The van der Waals surface area contributed by atoms with Gasteiger partial charge in [0.25, 0.3) is 7.82 Å². The van der Waals surface area contributed by atoms with Crippen LogP contribution in [0.5, 0.6) is 0 Å². The fourth-order valence-electron chi connectivity index (χ4n) is 1.80. The van der Waals surface area contributed by atoms with Gasteiger partial charge in [-0.3, -0.25) is 4.57 Å². The topological polar surface area (TPSA) is 58.6 Å². The second-order valence-corrected chi connectivity index (χ2v) is 6.35. The molecule has 117 valence electrons. The van der Waals surface area contributed by atoms with E-state index >= 15 is 0 Å². The molecular formula is C14H30NdO4P+2. The zero-order valence-corrected chi connectivity index (χ0v) is 17.2. The van der Waals surface area contributed by atoms with Gasteiger partial charge < -0.3 is 13.9 Å². The number of phosphoric acid groups is 1. The quantitative estimate of drug-likeness (QED) is 0.298. The molecule has 0 saturated carbocycles. The molecular weight excluding hydrogens is 407 g/mol. The van der Waals surface area contributed by atoms with Gasteiger partial charge in [-0.05, 0) is 12.8 Å². The Balaban J connectivity index is 0. The molecule has 6 heteroatoms. The Morgan fingerprint density at radius 1 is 0.750 bits per heavy atom. The van der Waals surface area contributed by atoms with E-state index in [1.165, 1.54) is 25.7 Å². The van der Waals surface area contributed by atoms with Crippen LogP contribution < -0.4 is 4.89 Å². The average Bonchev–Trinajstić information content (AvgIpc) is 2.38. The molecule has 0 bridgehead atoms. The minimum atomic E-state index is -4.05. The molecule has 0 heterocycles. The second-order valence-electron chi connectivity index (χ2n) is 4.94. The Morgan fingerprint density at radius 2 is 1.10 bits per heavy atom. The normalized spacial score (nSPS) is 11.3. The first-order chi connectivity index (χ1) is 9.12. The minimum absolute atomic E-state index is 0. The second kappa shape index (κ2) is 16.8. The Bertz CT molecular complexity index is 219. The van der Waals surface area contributed by atoms with Gasteiger partial charge in [-0.1, -0.05) is 65.2 Å². The Morgan fingerprint density at radius 3 is 1.45 bits per heavy atom. The molecule has 0 atom stereocenters. The SMILES string of the molecule is CCCCCCCOP(=O)([O-])OCCCCCCC.[Nd+3]. The summed E-state index contributed by atoms with van der Waals surface area (Å²) in [5.41, 5.74) is 0. The molecule has 0 aliphatic carbocycles. The molecule has 0 N–H and O–H groups in total. The molecule has 0 aliphatic rings. The number of rotatable bonds is 14. The molecule has 0 aliphatic heterocycles. The van der Waals surface area contributed by atoms with Crippen LogP contribution in [0.2, 0.25) is 0 Å². The van der Waals surface area contributed by atoms with Gasteiger partial charge in [-0.15, -0.1) is 0 Å². The van der Waals surface area contributed by atoms with E-state index in [9.17, 15) is 9.46 Å². The molecule has 0 amide bonds. The molecule has 0 unspecified atom stereocenters. The largest absolute Gasteiger partial charge is 3.00 e. The number of hydrogen-bond donors (Lipinski definition) is 0. The van der Waals surface area contributed by atoms with Crippen LogP contribution in [-0.2, 0) is 13.6 Å². The van der Waals surface area contributed by atoms with E-state index in [0.717, 1.165) is 38.5 Å². The maximum absolute atomic E-state index is 11.4. The maximum atomic E-state index is 11.4. The smallest absolute Gasteiger partial charge is 0.756 e. The summed E-state index contributed by atoms with van der Waals surface area (Å²) in [6.45, 7) is 4.80. The van der Waals surface area contributed by atoms with Gasteiger partial charge in [0.1, 0.15) is 0 Å². The first-order valence-corrected chi connectivity index (χ1v) is 9.18. The monoisotopic (exact) mass is 435 g/mol. The standard InChI is InChI=1S/C14H31O4P.Nd/c1-3-5-7-9-11-13-17-19(15,16)18-14-12-10-8-6-4-2;/h3-14H2,1-2H3,(H,15,16);/q;+3/p-1. The van der Waals surface area contributed by atoms with Crippen molar-refractivity contribution in [1.82, 2.24) is 0 Å². The third-order valence-electron chi connectivity index (χ3n) is 2.99. The molecule has 4 nitrogen and oxygen atoms in total. The van der Waals surface area contributed by atoms with Crippen molar-refractivity contribution in [2.24, 2.45) is 0 Å². The van der Waals surface area contributed by atoms with E-state index in [1.54, 1.807) is 0 Å². The van der Waals surface area contributed by atoms with Gasteiger partial charge in [0.05, 0.1) is 13.2 Å². The third kappa shape index (κ3) is 17.5. The zero-order chi connectivity index (χ0) is 14.4. The Hall–Kier alpha value is 1.46. The van der Waals surface area contributed by atoms with Crippen LogP contribution in [0, 0.1) is 40.8 Å². The van der Waals surface area contributed by atoms with Gasteiger partial charge in [-0.25, -0.2) is 0 Å². The minimum Gasteiger partial charge on any atom is -0.756 e. The van der Waals surface area contributed by atoms with Crippen molar-refractivity contribution in [3.05, 3.63) is 0 Å². The summed E-state index contributed by atoms with van der Waals surface area (Å²) in [7, 11) is -4.05. The van der Waals surface area contributed by atoms with E-state index < -0.39 is 7.82 Å². The summed E-state index contributed by atoms with van der Waals surface area (Å²) in [5, 5.41) is 0. The Labute approximate surface area is 157 Å². The Kier molecular flexibility index (Phi) is 20.0. The predicted molar refractivity (Wildman–Crippen MR) is 77.0 cm³/mol. The van der Waals surface area contributed by atoms with E-state index in [2.05, 4.69) is 13.8 Å². The van der Waals surface area contributed by atoms with Gasteiger partial charge in [0.15, 0.2) is 0 Å². The summed E-state index contributed by atoms with van der Waals surface area (Å²) >= 11 is 0. The molecule has 0 spiro atoms. The van der Waals surface area contributed by atoms with E-state index in [-0.39, 0.29) is 54.1 Å². The van der Waals surface area contributed by atoms with Crippen LogP contribution in [0.25, 0.3) is 0 Å². The first kappa shape index (κ1) is 23.7. The summed E-state index contributed by atoms with van der Waals surface area (Å²) in [6, 6.07) is 0. The third-order valence-corrected chi connectivity index (χ3v) is 3.99. The molecule has 0 rings (SSSR count). The zero-order valence-electron chi connectivity index (χ0n) is 13.1. The van der Waals surface area contributed by atoms with Crippen molar-refractivity contribution < 1.29 is 59.3 Å². The molecule has 0 aromatic heterocycles. The summed E-state index contributed by atoms with van der Waals surface area (Å²) in [5.74, 6) is 0. The van der Waals surface area contributed by atoms with Crippen LogP contribution in [0.15, 0.2) is 0 Å².